The van der Waals surface area contributed by atoms with Gasteiger partial charge in [0.2, 0.25) is 5.95 Å². The Labute approximate surface area is 127 Å². The maximum absolute atomic E-state index is 5.53. The van der Waals surface area contributed by atoms with Gasteiger partial charge in [-0.3, -0.25) is 0 Å². The number of hydrogen-bond donors (Lipinski definition) is 1. The summed E-state index contributed by atoms with van der Waals surface area (Å²) in [6.45, 7) is 2.26. The number of nitrogens with zero attached hydrogens (tertiary/aromatic N) is 3. The first-order chi connectivity index (χ1) is 10.3. The van der Waals surface area contributed by atoms with E-state index in [0.717, 1.165) is 17.5 Å². The van der Waals surface area contributed by atoms with Crippen LogP contribution >= 0.6 is 0 Å². The van der Waals surface area contributed by atoms with Gasteiger partial charge in [-0.05, 0) is 30.5 Å². The van der Waals surface area contributed by atoms with Gasteiger partial charge in [-0.25, -0.2) is 4.98 Å². The van der Waals surface area contributed by atoms with Crippen LogP contribution in [0.5, 0.6) is 0 Å². The first-order valence-corrected chi connectivity index (χ1v) is 8.18. The molecule has 0 aliphatic heterocycles. The van der Waals surface area contributed by atoms with Gasteiger partial charge in [0.05, 0.1) is 5.52 Å². The number of rotatable bonds is 9. The minimum atomic E-state index is 0.235. The molecular weight excluding hydrogens is 260 g/mol. The average Bonchev–Trinajstić information content (AvgIpc) is 2.50. The van der Waals surface area contributed by atoms with Crippen LogP contribution in [-0.2, 0) is 6.42 Å². The molecule has 0 spiro atoms. The summed E-state index contributed by atoms with van der Waals surface area (Å²) in [7, 11) is 0. The lowest BCUT2D eigenvalue weighted by Crippen LogP contribution is -1.98. The third-order valence-electron chi connectivity index (χ3n) is 3.85. The van der Waals surface area contributed by atoms with Crippen LogP contribution in [0.15, 0.2) is 18.2 Å². The number of aromatic nitrogens is 3. The highest BCUT2D eigenvalue weighted by atomic mass is 15.2. The number of nitrogens with two attached hydrogens (primary N) is 1. The Bertz CT molecular complexity index is 553. The molecule has 0 bridgehead atoms. The number of fused-ring (bicyclic) bond motifs is 1. The molecule has 1 aromatic carbocycles. The van der Waals surface area contributed by atoms with Gasteiger partial charge in [0.15, 0.2) is 0 Å². The molecule has 2 N–H and O–H groups in total. The highest BCUT2D eigenvalue weighted by molar-refractivity contribution is 5.74. The van der Waals surface area contributed by atoms with Gasteiger partial charge in [-0.15, -0.1) is 10.2 Å². The summed E-state index contributed by atoms with van der Waals surface area (Å²) >= 11 is 0. The summed E-state index contributed by atoms with van der Waals surface area (Å²) in [4.78, 5) is 4.17. The Morgan fingerprint density at radius 2 is 1.57 bits per heavy atom. The van der Waals surface area contributed by atoms with Crippen molar-refractivity contribution in [2.45, 2.75) is 64.7 Å². The topological polar surface area (TPSA) is 64.7 Å². The van der Waals surface area contributed by atoms with Crippen LogP contribution in [0.4, 0.5) is 5.95 Å². The van der Waals surface area contributed by atoms with Crippen molar-refractivity contribution in [1.29, 1.82) is 0 Å². The van der Waals surface area contributed by atoms with Gasteiger partial charge in [0.25, 0.3) is 0 Å². The van der Waals surface area contributed by atoms with Crippen molar-refractivity contribution in [3.8, 4) is 0 Å². The van der Waals surface area contributed by atoms with Gasteiger partial charge >= 0.3 is 0 Å². The van der Waals surface area contributed by atoms with E-state index in [-0.39, 0.29) is 5.95 Å². The van der Waals surface area contributed by atoms with E-state index >= 15 is 0 Å². The Morgan fingerprint density at radius 3 is 2.33 bits per heavy atom. The minimum absolute atomic E-state index is 0.235. The molecule has 0 atom stereocenters. The van der Waals surface area contributed by atoms with Crippen LogP contribution < -0.4 is 5.73 Å². The summed E-state index contributed by atoms with van der Waals surface area (Å²) in [6, 6.07) is 6.19. The maximum atomic E-state index is 5.53. The van der Waals surface area contributed by atoms with E-state index in [0.29, 0.717) is 0 Å². The summed E-state index contributed by atoms with van der Waals surface area (Å²) in [5, 5.41) is 7.90. The fraction of sp³-hybridized carbons (Fsp3) is 0.588. The molecule has 114 valence electrons. The second-order valence-electron chi connectivity index (χ2n) is 5.72. The van der Waals surface area contributed by atoms with Gasteiger partial charge < -0.3 is 5.73 Å². The number of hydrogen-bond acceptors (Lipinski definition) is 4. The minimum Gasteiger partial charge on any atom is -0.366 e. The zero-order chi connectivity index (χ0) is 14.9. The van der Waals surface area contributed by atoms with E-state index in [9.17, 15) is 0 Å². The van der Waals surface area contributed by atoms with Crippen LogP contribution in [0, 0.1) is 0 Å². The zero-order valence-electron chi connectivity index (χ0n) is 13.0. The predicted octanol–water partition coefficient (Wildman–Crippen LogP) is 4.29. The molecule has 0 unspecified atom stereocenters. The fourth-order valence-electron chi connectivity index (χ4n) is 2.61. The Kier molecular flexibility index (Phi) is 6.38. The van der Waals surface area contributed by atoms with Gasteiger partial charge in [-0.1, -0.05) is 57.9 Å². The zero-order valence-corrected chi connectivity index (χ0v) is 13.0. The first-order valence-electron chi connectivity index (χ1n) is 8.18. The molecule has 0 aliphatic rings. The highest BCUT2D eigenvalue weighted by Gasteiger charge is 2.01. The largest absolute Gasteiger partial charge is 0.366 e. The predicted molar refractivity (Wildman–Crippen MR) is 88.1 cm³/mol. The molecule has 21 heavy (non-hydrogen) atoms. The van der Waals surface area contributed by atoms with Crippen molar-refractivity contribution in [1.82, 2.24) is 15.2 Å². The molecule has 0 aliphatic carbocycles. The van der Waals surface area contributed by atoms with Crippen LogP contribution in [0.25, 0.3) is 11.0 Å². The van der Waals surface area contributed by atoms with Crippen molar-refractivity contribution in [2.24, 2.45) is 0 Å². The molecule has 2 aromatic rings. The maximum Gasteiger partial charge on any atom is 0.240 e. The lowest BCUT2D eigenvalue weighted by Gasteiger charge is -2.04. The number of nitrogen functional groups attached to an aromatic ring is 1. The average molecular weight is 286 g/mol. The van der Waals surface area contributed by atoms with Crippen molar-refractivity contribution < 1.29 is 0 Å². The molecule has 0 radical (unpaired) electrons. The molecule has 1 aromatic heterocycles. The molecule has 0 fully saturated rings. The van der Waals surface area contributed by atoms with Crippen LogP contribution in [0.3, 0.4) is 0 Å². The normalized spacial score (nSPS) is 11.1. The van der Waals surface area contributed by atoms with Crippen molar-refractivity contribution in [3.05, 3.63) is 23.8 Å². The third kappa shape index (κ3) is 5.29. The summed E-state index contributed by atoms with van der Waals surface area (Å²) in [6.07, 6.45) is 11.9. The Hall–Kier alpha value is -1.71. The van der Waals surface area contributed by atoms with Crippen LogP contribution in [-0.4, -0.2) is 15.2 Å². The van der Waals surface area contributed by atoms with E-state index in [1.165, 1.54) is 56.9 Å². The molecule has 4 heteroatoms. The standard InChI is InChI=1S/C17H26N4/c1-2-3-4-5-6-7-8-9-10-14-11-12-15-16(13-14)20-21-17(18)19-15/h11-13H,2-10H2,1H3,(H2,18,19,21). The SMILES string of the molecule is CCCCCCCCCCc1ccc2nc(N)nnc2c1. The summed E-state index contributed by atoms with van der Waals surface area (Å²) in [5.74, 6) is 0.235. The Morgan fingerprint density at radius 1 is 0.857 bits per heavy atom. The summed E-state index contributed by atoms with van der Waals surface area (Å²) < 4.78 is 0. The van der Waals surface area contributed by atoms with E-state index in [4.69, 9.17) is 5.73 Å². The van der Waals surface area contributed by atoms with Crippen molar-refractivity contribution in [2.75, 3.05) is 5.73 Å². The number of aryl methyl sites for hydroxylation is 1. The lowest BCUT2D eigenvalue weighted by molar-refractivity contribution is 0.575. The highest BCUT2D eigenvalue weighted by Crippen LogP contribution is 2.15. The van der Waals surface area contributed by atoms with Crippen molar-refractivity contribution in [3.63, 3.8) is 0 Å². The van der Waals surface area contributed by atoms with Gasteiger partial charge in [0.1, 0.15) is 5.52 Å². The van der Waals surface area contributed by atoms with E-state index < -0.39 is 0 Å². The summed E-state index contributed by atoms with van der Waals surface area (Å²) in [5.41, 5.74) is 8.50. The fourth-order valence-corrected chi connectivity index (χ4v) is 2.61. The molecule has 4 nitrogen and oxygen atoms in total. The monoisotopic (exact) mass is 286 g/mol. The molecular formula is C17H26N4. The van der Waals surface area contributed by atoms with Gasteiger partial charge in [0, 0.05) is 0 Å². The third-order valence-corrected chi connectivity index (χ3v) is 3.85. The molecule has 0 amide bonds. The molecule has 0 saturated heterocycles. The van der Waals surface area contributed by atoms with Gasteiger partial charge in [-0.2, -0.15) is 0 Å². The van der Waals surface area contributed by atoms with Crippen LogP contribution in [0.1, 0.15) is 63.9 Å². The van der Waals surface area contributed by atoms with E-state index in [1.54, 1.807) is 0 Å². The lowest BCUT2D eigenvalue weighted by atomic mass is 10.0. The second kappa shape index (κ2) is 8.55. The number of benzene rings is 1. The molecule has 0 saturated carbocycles. The molecule has 1 heterocycles. The van der Waals surface area contributed by atoms with E-state index in [2.05, 4.69) is 34.2 Å². The number of anilines is 1. The smallest absolute Gasteiger partial charge is 0.240 e. The second-order valence-corrected chi connectivity index (χ2v) is 5.72. The number of unbranched alkanes of at least 4 members (excludes halogenated alkanes) is 7. The quantitative estimate of drug-likeness (QED) is 0.698. The molecule has 2 rings (SSSR count). The van der Waals surface area contributed by atoms with Crippen LogP contribution in [0.2, 0.25) is 0 Å². The van der Waals surface area contributed by atoms with Crippen molar-refractivity contribution >= 4 is 17.0 Å². The Balaban J connectivity index is 1.70. The first kappa shape index (κ1) is 15.7. The van der Waals surface area contributed by atoms with E-state index in [1.807, 2.05) is 6.07 Å².